The highest BCUT2D eigenvalue weighted by atomic mass is 16.5. The van der Waals surface area contributed by atoms with E-state index in [1.54, 1.807) is 0 Å². The standard InChI is InChI=1S/C7H13O/c1-7(2)5-4-6-8-3/h7H,4-6H2,1-2H3. The Morgan fingerprint density at radius 3 is 2.50 bits per heavy atom. The van der Waals surface area contributed by atoms with Crippen LogP contribution < -0.4 is 0 Å². The van der Waals surface area contributed by atoms with Gasteiger partial charge >= 0.3 is 0 Å². The quantitative estimate of drug-likeness (QED) is 0.506. The molecule has 0 N–H and O–H groups in total. The van der Waals surface area contributed by atoms with E-state index in [-0.39, 0.29) is 0 Å². The molecular weight excluding hydrogens is 100 g/mol. The molecule has 0 saturated heterocycles. The number of ether oxygens (including phenoxy) is 1. The van der Waals surface area contributed by atoms with Crippen LogP contribution in [-0.4, -0.2) is 6.61 Å². The van der Waals surface area contributed by atoms with Gasteiger partial charge in [0.15, 0.2) is 7.11 Å². The van der Waals surface area contributed by atoms with Crippen LogP contribution in [0.2, 0.25) is 0 Å². The normalized spacial score (nSPS) is 10.5. The first-order chi connectivity index (χ1) is 3.77. The van der Waals surface area contributed by atoms with Crippen molar-refractivity contribution in [1.29, 1.82) is 0 Å². The van der Waals surface area contributed by atoms with E-state index in [4.69, 9.17) is 7.11 Å². The lowest BCUT2D eigenvalue weighted by molar-refractivity contribution is 0.229. The molecule has 0 unspecified atom stereocenters. The Morgan fingerprint density at radius 1 is 1.50 bits per heavy atom. The summed E-state index contributed by atoms with van der Waals surface area (Å²) >= 11 is 0. The van der Waals surface area contributed by atoms with Gasteiger partial charge < -0.3 is 4.74 Å². The van der Waals surface area contributed by atoms with Crippen LogP contribution in [0.15, 0.2) is 0 Å². The summed E-state index contributed by atoms with van der Waals surface area (Å²) in [5.74, 6) is 0.741. The molecule has 0 spiro atoms. The lowest BCUT2D eigenvalue weighted by Gasteiger charge is -2.00. The maximum atomic E-state index is 6.35. The second-order valence-corrected chi connectivity index (χ2v) is 2.38. The molecule has 0 aromatic carbocycles. The third kappa shape index (κ3) is 5.96. The summed E-state index contributed by atoms with van der Waals surface area (Å²) in [4.78, 5) is 0. The van der Waals surface area contributed by atoms with Crippen molar-refractivity contribution in [2.24, 2.45) is 5.92 Å². The van der Waals surface area contributed by atoms with Crippen LogP contribution in [0.1, 0.15) is 26.7 Å². The molecule has 0 amide bonds. The molecular formula is C7H13O. The molecule has 0 atom stereocenters. The van der Waals surface area contributed by atoms with Crippen LogP contribution in [0.25, 0.3) is 0 Å². The van der Waals surface area contributed by atoms with Crippen LogP contribution in [-0.2, 0) is 4.74 Å². The topological polar surface area (TPSA) is 9.23 Å². The molecule has 0 aromatic rings. The third-order valence-corrected chi connectivity index (χ3v) is 1.03. The Kier molecular flexibility index (Phi) is 5.08. The first-order valence-electron chi connectivity index (χ1n) is 3.06. The monoisotopic (exact) mass is 113 g/mol. The molecule has 0 aliphatic carbocycles. The summed E-state index contributed by atoms with van der Waals surface area (Å²) < 4.78 is 4.14. The molecule has 47 valence electrons. The van der Waals surface area contributed by atoms with E-state index < -0.39 is 0 Å². The third-order valence-electron chi connectivity index (χ3n) is 1.03. The minimum atomic E-state index is 0.582. The van der Waals surface area contributed by atoms with E-state index >= 15 is 0 Å². The van der Waals surface area contributed by atoms with Crippen molar-refractivity contribution in [3.63, 3.8) is 0 Å². The molecule has 0 saturated carbocycles. The number of hydrogen-bond acceptors (Lipinski definition) is 1. The van der Waals surface area contributed by atoms with E-state index in [2.05, 4.69) is 18.6 Å². The molecule has 0 fully saturated rings. The largest absolute Gasteiger partial charge is 0.365 e. The predicted octanol–water partition coefficient (Wildman–Crippen LogP) is 1.98. The highest BCUT2D eigenvalue weighted by Crippen LogP contribution is 2.02. The molecule has 0 aromatic heterocycles. The first kappa shape index (κ1) is 7.96. The Balaban J connectivity index is 2.72. The first-order valence-corrected chi connectivity index (χ1v) is 3.06. The summed E-state index contributed by atoms with van der Waals surface area (Å²) in [6.45, 7) is 4.92. The van der Waals surface area contributed by atoms with Crippen molar-refractivity contribution in [2.45, 2.75) is 26.7 Å². The van der Waals surface area contributed by atoms with E-state index in [9.17, 15) is 0 Å². The molecule has 8 heavy (non-hydrogen) atoms. The van der Waals surface area contributed by atoms with E-state index in [1.165, 1.54) is 6.42 Å². The van der Waals surface area contributed by atoms with Crippen molar-refractivity contribution in [3.05, 3.63) is 7.11 Å². The van der Waals surface area contributed by atoms with Gasteiger partial charge in [-0.25, -0.2) is 0 Å². The van der Waals surface area contributed by atoms with Gasteiger partial charge in [-0.3, -0.25) is 0 Å². The average Bonchev–Trinajstić information content (AvgIpc) is 1.66. The number of hydrogen-bond donors (Lipinski definition) is 0. The Hall–Kier alpha value is -0.0400. The lowest BCUT2D eigenvalue weighted by Crippen LogP contribution is -1.91. The zero-order valence-corrected chi connectivity index (χ0v) is 5.61. The highest BCUT2D eigenvalue weighted by molar-refractivity contribution is 4.43. The fraction of sp³-hybridized carbons (Fsp3) is 0.857. The highest BCUT2D eigenvalue weighted by Gasteiger charge is 1.91. The molecule has 0 aliphatic heterocycles. The molecule has 3 radical (unpaired) electrons. The van der Waals surface area contributed by atoms with Crippen LogP contribution in [0.4, 0.5) is 0 Å². The molecule has 1 nitrogen and oxygen atoms in total. The summed E-state index contributed by atoms with van der Waals surface area (Å²) in [5.41, 5.74) is 0. The Bertz CT molecular complexity index is 41.7. The SMILES string of the molecule is [C]OCCCC(C)C. The van der Waals surface area contributed by atoms with Gasteiger partial charge in [0, 0.05) is 6.61 Å². The fourth-order valence-corrected chi connectivity index (χ4v) is 0.564. The van der Waals surface area contributed by atoms with E-state index in [0.29, 0.717) is 6.61 Å². The number of rotatable bonds is 4. The van der Waals surface area contributed by atoms with Gasteiger partial charge in [0.1, 0.15) is 0 Å². The van der Waals surface area contributed by atoms with Gasteiger partial charge in [-0.1, -0.05) is 13.8 Å². The van der Waals surface area contributed by atoms with Gasteiger partial charge in [-0.05, 0) is 18.8 Å². The molecule has 0 aliphatic rings. The zero-order valence-electron chi connectivity index (χ0n) is 5.61. The second kappa shape index (κ2) is 5.10. The van der Waals surface area contributed by atoms with Gasteiger partial charge in [0.2, 0.25) is 0 Å². The lowest BCUT2D eigenvalue weighted by atomic mass is 10.1. The van der Waals surface area contributed by atoms with Gasteiger partial charge in [0.05, 0.1) is 0 Å². The van der Waals surface area contributed by atoms with Crippen LogP contribution >= 0.6 is 0 Å². The maximum absolute atomic E-state index is 6.35. The molecule has 0 bridgehead atoms. The molecule has 0 rings (SSSR count). The minimum Gasteiger partial charge on any atom is -0.365 e. The minimum absolute atomic E-state index is 0.582. The summed E-state index contributed by atoms with van der Waals surface area (Å²) in [7, 11) is 6.35. The van der Waals surface area contributed by atoms with Crippen molar-refractivity contribution < 1.29 is 4.74 Å². The van der Waals surface area contributed by atoms with Crippen molar-refractivity contribution in [3.8, 4) is 0 Å². The van der Waals surface area contributed by atoms with Gasteiger partial charge in [-0.2, -0.15) is 0 Å². The smallest absolute Gasteiger partial charge is 0.173 e. The van der Waals surface area contributed by atoms with Crippen LogP contribution in [0, 0.1) is 13.0 Å². The van der Waals surface area contributed by atoms with Crippen LogP contribution in [0.5, 0.6) is 0 Å². The fourth-order valence-electron chi connectivity index (χ4n) is 0.564. The van der Waals surface area contributed by atoms with Gasteiger partial charge in [0.25, 0.3) is 0 Å². The summed E-state index contributed by atoms with van der Waals surface area (Å²) in [6.07, 6.45) is 2.18. The maximum Gasteiger partial charge on any atom is 0.173 e. The van der Waals surface area contributed by atoms with Crippen LogP contribution in [0.3, 0.4) is 0 Å². The Labute approximate surface area is 52.0 Å². The van der Waals surface area contributed by atoms with Crippen molar-refractivity contribution in [2.75, 3.05) is 6.61 Å². The average molecular weight is 113 g/mol. The Morgan fingerprint density at radius 2 is 2.12 bits per heavy atom. The van der Waals surface area contributed by atoms with E-state index in [0.717, 1.165) is 12.3 Å². The van der Waals surface area contributed by atoms with Crippen molar-refractivity contribution in [1.82, 2.24) is 0 Å². The zero-order chi connectivity index (χ0) is 6.41. The second-order valence-electron chi connectivity index (χ2n) is 2.38. The molecule has 0 heterocycles. The summed E-state index contributed by atoms with van der Waals surface area (Å²) in [5, 5.41) is 0. The predicted molar refractivity (Wildman–Crippen MR) is 33.3 cm³/mol. The van der Waals surface area contributed by atoms with E-state index in [1.807, 2.05) is 0 Å². The van der Waals surface area contributed by atoms with Gasteiger partial charge in [-0.15, -0.1) is 0 Å². The summed E-state index contributed by atoms with van der Waals surface area (Å²) in [6, 6.07) is 0. The molecule has 1 heteroatoms. The van der Waals surface area contributed by atoms with Crippen molar-refractivity contribution >= 4 is 0 Å².